The van der Waals surface area contributed by atoms with Crippen molar-refractivity contribution in [3.63, 3.8) is 0 Å². The highest BCUT2D eigenvalue weighted by atomic mass is 35.5. The van der Waals surface area contributed by atoms with E-state index in [1.54, 1.807) is 6.92 Å². The van der Waals surface area contributed by atoms with Gasteiger partial charge in [-0.25, -0.2) is 9.79 Å². The predicted octanol–water partition coefficient (Wildman–Crippen LogP) is 5.96. The SMILES string of the molecule is CCOC(=O)/C=C/[C@H](Cl)[C@]1(CC(C(=O)OC)C(=O)OC)C(Sc2ccccc2C(C)C)=Nc2ccccc21. The molecule has 7 nitrogen and oxygen atoms in total. The van der Waals surface area contributed by atoms with Crippen LogP contribution in [0.1, 0.15) is 44.2 Å². The number of carbonyl (C=O) groups excluding carboxylic acids is 3. The molecule has 0 radical (unpaired) electrons. The zero-order valence-corrected chi connectivity index (χ0v) is 23.7. The number of benzene rings is 2. The second-order valence-corrected chi connectivity index (χ2v) is 10.5. The first kappa shape index (κ1) is 29.5. The minimum Gasteiger partial charge on any atom is -0.468 e. The minimum atomic E-state index is -1.28. The Hall–Kier alpha value is -3.10. The Kier molecular flexibility index (Phi) is 10.2. The van der Waals surface area contributed by atoms with Crippen molar-refractivity contribution < 1.29 is 28.6 Å². The summed E-state index contributed by atoms with van der Waals surface area (Å²) in [6.45, 7) is 6.14. The number of thioether (sulfide) groups is 1. The summed E-state index contributed by atoms with van der Waals surface area (Å²) in [4.78, 5) is 43.8. The predicted molar refractivity (Wildman–Crippen MR) is 149 cm³/mol. The summed E-state index contributed by atoms with van der Waals surface area (Å²) in [6, 6.07) is 15.4. The van der Waals surface area contributed by atoms with Gasteiger partial charge in [0.1, 0.15) is 0 Å². The Bertz CT molecular complexity index is 1230. The van der Waals surface area contributed by atoms with Gasteiger partial charge in [-0.05, 0) is 42.5 Å². The average molecular weight is 558 g/mol. The van der Waals surface area contributed by atoms with Gasteiger partial charge in [0.25, 0.3) is 0 Å². The summed E-state index contributed by atoms with van der Waals surface area (Å²) in [5.41, 5.74) is 1.36. The van der Waals surface area contributed by atoms with Gasteiger partial charge in [-0.2, -0.15) is 0 Å². The fourth-order valence-electron chi connectivity index (χ4n) is 4.50. The van der Waals surface area contributed by atoms with Crippen molar-refractivity contribution in [1.29, 1.82) is 0 Å². The van der Waals surface area contributed by atoms with Gasteiger partial charge in [-0.3, -0.25) is 9.59 Å². The molecule has 1 aliphatic heterocycles. The van der Waals surface area contributed by atoms with Gasteiger partial charge in [-0.15, -0.1) is 11.6 Å². The number of hydrogen-bond acceptors (Lipinski definition) is 8. The molecule has 0 N–H and O–H groups in total. The number of esters is 3. The molecular formula is C29H32ClNO6S. The molecule has 0 saturated heterocycles. The number of hydrogen-bond donors (Lipinski definition) is 0. The van der Waals surface area contributed by atoms with Crippen LogP contribution in [0.5, 0.6) is 0 Å². The number of allylic oxidation sites excluding steroid dienone is 1. The molecule has 0 amide bonds. The van der Waals surface area contributed by atoms with E-state index in [1.807, 2.05) is 42.5 Å². The molecule has 2 aromatic rings. The lowest BCUT2D eigenvalue weighted by Gasteiger charge is -2.36. The van der Waals surface area contributed by atoms with Gasteiger partial charge in [0.05, 0.1) is 42.3 Å². The van der Waals surface area contributed by atoms with Crippen molar-refractivity contribution in [1.82, 2.24) is 0 Å². The fraction of sp³-hybridized carbons (Fsp3) is 0.379. The number of rotatable bonds is 10. The van der Waals surface area contributed by atoms with E-state index in [0.29, 0.717) is 10.7 Å². The van der Waals surface area contributed by atoms with E-state index in [4.69, 9.17) is 30.8 Å². The molecule has 0 unspecified atom stereocenters. The molecule has 1 heterocycles. The van der Waals surface area contributed by atoms with Crippen LogP contribution in [0.2, 0.25) is 0 Å². The number of fused-ring (bicyclic) bond motifs is 1. The van der Waals surface area contributed by atoms with Crippen molar-refractivity contribution in [2.45, 2.75) is 48.8 Å². The molecule has 2 aromatic carbocycles. The molecule has 3 rings (SSSR count). The first-order valence-corrected chi connectivity index (χ1v) is 13.5. The van der Waals surface area contributed by atoms with Crippen molar-refractivity contribution >= 4 is 52.0 Å². The lowest BCUT2D eigenvalue weighted by atomic mass is 9.72. The number of methoxy groups -OCH3 is 2. The Morgan fingerprint density at radius 1 is 1.03 bits per heavy atom. The summed E-state index contributed by atoms with van der Waals surface area (Å²) in [7, 11) is 2.43. The Morgan fingerprint density at radius 3 is 2.29 bits per heavy atom. The Labute approximate surface area is 232 Å². The smallest absolute Gasteiger partial charge is 0.330 e. The molecule has 0 saturated carbocycles. The fourth-order valence-corrected chi connectivity index (χ4v) is 6.37. The largest absolute Gasteiger partial charge is 0.468 e. The van der Waals surface area contributed by atoms with Crippen LogP contribution in [0, 0.1) is 5.92 Å². The van der Waals surface area contributed by atoms with Crippen LogP contribution in [0.3, 0.4) is 0 Å². The number of carbonyl (C=O) groups is 3. The standard InChI is InChI=1S/C29H32ClNO6S/c1-6-37-25(32)16-15-24(30)29(17-20(26(33)35-4)27(34)36-5)21-12-8-9-13-22(21)31-28(29)38-23-14-10-7-11-19(23)18(2)3/h7-16,18,20,24H,6,17H2,1-5H3/b16-15+/t24-,29+/m0/s1. The van der Waals surface area contributed by atoms with Crippen LogP contribution < -0.4 is 0 Å². The molecule has 2 atom stereocenters. The van der Waals surface area contributed by atoms with E-state index in [-0.39, 0.29) is 18.9 Å². The number of para-hydroxylation sites is 1. The summed E-state index contributed by atoms with van der Waals surface area (Å²) in [5, 5.41) is -0.289. The first-order chi connectivity index (χ1) is 18.2. The molecular weight excluding hydrogens is 526 g/mol. The number of ether oxygens (including phenoxy) is 3. The van der Waals surface area contributed by atoms with Gasteiger partial charge in [-0.1, -0.05) is 68.1 Å². The monoisotopic (exact) mass is 557 g/mol. The second kappa shape index (κ2) is 13.1. The van der Waals surface area contributed by atoms with Gasteiger partial charge < -0.3 is 14.2 Å². The summed E-state index contributed by atoms with van der Waals surface area (Å²) < 4.78 is 15.0. The Balaban J connectivity index is 2.23. The maximum absolute atomic E-state index is 12.8. The molecule has 0 aromatic heterocycles. The number of aliphatic imine (C=N–C) groups is 1. The topological polar surface area (TPSA) is 91.3 Å². The lowest BCUT2D eigenvalue weighted by Crippen LogP contribution is -2.45. The first-order valence-electron chi connectivity index (χ1n) is 12.3. The molecule has 202 valence electrons. The highest BCUT2D eigenvalue weighted by Crippen LogP contribution is 2.53. The molecule has 9 heteroatoms. The highest BCUT2D eigenvalue weighted by Gasteiger charge is 2.52. The zero-order valence-electron chi connectivity index (χ0n) is 22.1. The number of nitrogens with zero attached hydrogens (tertiary/aromatic N) is 1. The minimum absolute atomic E-state index is 0.0830. The van der Waals surface area contributed by atoms with Gasteiger partial charge in [0.2, 0.25) is 0 Å². The number of alkyl halides is 1. The summed E-state index contributed by atoms with van der Waals surface area (Å²) >= 11 is 8.56. The third-order valence-electron chi connectivity index (χ3n) is 6.39. The van der Waals surface area contributed by atoms with Crippen molar-refractivity contribution in [3.05, 3.63) is 71.8 Å². The van der Waals surface area contributed by atoms with Crippen LogP contribution in [0.4, 0.5) is 5.69 Å². The molecule has 0 fully saturated rings. The molecule has 0 spiro atoms. The van der Waals surface area contributed by atoms with Crippen LogP contribution in [0.15, 0.2) is 70.6 Å². The van der Waals surface area contributed by atoms with Crippen molar-refractivity contribution in [3.8, 4) is 0 Å². The quantitative estimate of drug-likeness (QED) is 0.117. The average Bonchev–Trinajstić information content (AvgIpc) is 3.23. The van der Waals surface area contributed by atoms with E-state index in [9.17, 15) is 14.4 Å². The van der Waals surface area contributed by atoms with Crippen molar-refractivity contribution in [2.75, 3.05) is 20.8 Å². The molecule has 0 bridgehead atoms. The van der Waals surface area contributed by atoms with E-state index in [0.717, 1.165) is 16.0 Å². The van der Waals surface area contributed by atoms with Crippen LogP contribution in [0.25, 0.3) is 0 Å². The normalized spacial score (nSPS) is 17.3. The lowest BCUT2D eigenvalue weighted by molar-refractivity contribution is -0.159. The summed E-state index contributed by atoms with van der Waals surface area (Å²) in [5.74, 6) is -3.07. The van der Waals surface area contributed by atoms with Crippen molar-refractivity contribution in [2.24, 2.45) is 10.9 Å². The highest BCUT2D eigenvalue weighted by molar-refractivity contribution is 8.14. The van der Waals surface area contributed by atoms with Gasteiger partial charge in [0, 0.05) is 11.0 Å². The van der Waals surface area contributed by atoms with Gasteiger partial charge in [0.15, 0.2) is 5.92 Å². The van der Waals surface area contributed by atoms with E-state index in [1.165, 1.54) is 38.1 Å². The maximum atomic E-state index is 12.8. The molecule has 38 heavy (non-hydrogen) atoms. The third kappa shape index (κ3) is 6.13. The summed E-state index contributed by atoms with van der Waals surface area (Å²) in [6.07, 6.45) is 2.71. The number of halogens is 1. The van der Waals surface area contributed by atoms with E-state index in [2.05, 4.69) is 19.9 Å². The zero-order chi connectivity index (χ0) is 27.9. The van der Waals surface area contributed by atoms with Gasteiger partial charge >= 0.3 is 17.9 Å². The second-order valence-electron chi connectivity index (χ2n) is 9.02. The molecule has 1 aliphatic rings. The Morgan fingerprint density at radius 2 is 1.66 bits per heavy atom. The maximum Gasteiger partial charge on any atom is 0.330 e. The van der Waals surface area contributed by atoms with Crippen LogP contribution >= 0.6 is 23.4 Å². The molecule has 0 aliphatic carbocycles. The third-order valence-corrected chi connectivity index (χ3v) is 8.15. The van der Waals surface area contributed by atoms with E-state index >= 15 is 0 Å². The van der Waals surface area contributed by atoms with Crippen LogP contribution in [-0.2, 0) is 34.0 Å². The van der Waals surface area contributed by atoms with E-state index < -0.39 is 34.6 Å². The van der Waals surface area contributed by atoms with Crippen LogP contribution in [-0.4, -0.2) is 49.2 Å².